The number of hydrogen-bond acceptors (Lipinski definition) is 4. The molecule has 0 fully saturated rings. The lowest BCUT2D eigenvalue weighted by Crippen LogP contribution is -2.45. The smallest absolute Gasteiger partial charge is 0.269 e. The molecule has 0 atom stereocenters. The number of nitro benzene ring substituents is 1. The Morgan fingerprint density at radius 3 is 2.47 bits per heavy atom. The minimum Gasteiger partial charge on any atom is -0.394 e. The predicted octanol–water partition coefficient (Wildman–Crippen LogP) is 1.50. The number of rotatable bonds is 5. The number of hydrogen-bond donors (Lipinski definition) is 2. The van der Waals surface area contributed by atoms with E-state index in [0.717, 1.165) is 0 Å². The first kappa shape index (κ1) is 14.8. The molecule has 0 bridgehead atoms. The van der Waals surface area contributed by atoms with Crippen molar-refractivity contribution in [2.24, 2.45) is 0 Å². The topological polar surface area (TPSA) is 92.5 Å². The fraction of sp³-hybridized carbons (Fsp3) is 0.308. The number of aliphatic hydroxyl groups excluding tert-OH is 1. The number of non-ortho nitro benzene ring substituents is 1. The molecule has 0 spiro atoms. The van der Waals surface area contributed by atoms with Gasteiger partial charge in [0.15, 0.2) is 0 Å². The number of carbonyl (C=O) groups excluding carboxylic acids is 1. The van der Waals surface area contributed by atoms with Gasteiger partial charge in [0.2, 0.25) is 5.91 Å². The lowest BCUT2D eigenvalue weighted by molar-refractivity contribution is -0.384. The second-order valence-electron chi connectivity index (χ2n) is 4.71. The minimum atomic E-state index is -0.684. The highest BCUT2D eigenvalue weighted by molar-refractivity contribution is 5.92. The molecule has 0 aromatic heterocycles. The number of amides is 1. The molecule has 6 nitrogen and oxygen atoms in total. The Morgan fingerprint density at radius 1 is 1.42 bits per heavy atom. The van der Waals surface area contributed by atoms with Crippen molar-refractivity contribution in [1.82, 2.24) is 5.32 Å². The van der Waals surface area contributed by atoms with E-state index in [1.54, 1.807) is 32.1 Å². The van der Waals surface area contributed by atoms with E-state index in [4.69, 9.17) is 5.11 Å². The zero-order valence-corrected chi connectivity index (χ0v) is 10.8. The van der Waals surface area contributed by atoms with Gasteiger partial charge in [-0.3, -0.25) is 14.9 Å². The van der Waals surface area contributed by atoms with Crippen molar-refractivity contribution in [2.75, 3.05) is 6.61 Å². The van der Waals surface area contributed by atoms with Crippen molar-refractivity contribution >= 4 is 17.7 Å². The van der Waals surface area contributed by atoms with Gasteiger partial charge in [0.05, 0.1) is 17.1 Å². The van der Waals surface area contributed by atoms with Crippen molar-refractivity contribution in [3.05, 3.63) is 46.0 Å². The highest BCUT2D eigenvalue weighted by atomic mass is 16.6. The van der Waals surface area contributed by atoms with Crippen LogP contribution in [0.25, 0.3) is 6.08 Å². The molecule has 0 unspecified atom stereocenters. The van der Waals surface area contributed by atoms with E-state index in [1.807, 2.05) is 0 Å². The molecule has 0 heterocycles. The van der Waals surface area contributed by atoms with Gasteiger partial charge in [0.1, 0.15) is 0 Å². The van der Waals surface area contributed by atoms with Crippen molar-refractivity contribution in [1.29, 1.82) is 0 Å². The van der Waals surface area contributed by atoms with E-state index >= 15 is 0 Å². The van der Waals surface area contributed by atoms with Crippen LogP contribution in [0.4, 0.5) is 5.69 Å². The molecular formula is C13H16N2O4. The van der Waals surface area contributed by atoms with Crippen LogP contribution in [0, 0.1) is 10.1 Å². The average molecular weight is 264 g/mol. The van der Waals surface area contributed by atoms with Gasteiger partial charge in [-0.05, 0) is 37.6 Å². The molecule has 0 aliphatic carbocycles. The van der Waals surface area contributed by atoms with E-state index in [0.29, 0.717) is 5.56 Å². The van der Waals surface area contributed by atoms with E-state index in [2.05, 4.69) is 5.32 Å². The van der Waals surface area contributed by atoms with Crippen molar-refractivity contribution < 1.29 is 14.8 Å². The van der Waals surface area contributed by atoms with Gasteiger partial charge in [0.25, 0.3) is 5.69 Å². The lowest BCUT2D eigenvalue weighted by Gasteiger charge is -2.22. The first-order valence-corrected chi connectivity index (χ1v) is 5.69. The molecule has 0 aliphatic rings. The Balaban J connectivity index is 2.66. The molecule has 102 valence electrons. The summed E-state index contributed by atoms with van der Waals surface area (Å²) in [7, 11) is 0. The molecule has 1 amide bonds. The van der Waals surface area contributed by atoms with Crippen LogP contribution in [0.1, 0.15) is 19.4 Å². The average Bonchev–Trinajstić information content (AvgIpc) is 2.36. The Bertz CT molecular complexity index is 492. The Hall–Kier alpha value is -2.21. The molecular weight excluding hydrogens is 248 g/mol. The molecule has 0 radical (unpaired) electrons. The Morgan fingerprint density at radius 2 is 2.00 bits per heavy atom. The predicted molar refractivity (Wildman–Crippen MR) is 71.4 cm³/mol. The molecule has 6 heteroatoms. The summed E-state index contributed by atoms with van der Waals surface area (Å²) >= 11 is 0. The molecule has 1 aromatic rings. The minimum absolute atomic E-state index is 0.00279. The van der Waals surface area contributed by atoms with E-state index in [1.165, 1.54) is 18.2 Å². The number of nitrogens with zero attached hydrogens (tertiary/aromatic N) is 1. The SMILES string of the molecule is CC(C)(CO)NC(=O)C=Cc1ccc([N+](=O)[O-])cc1. The quantitative estimate of drug-likeness (QED) is 0.479. The molecule has 2 N–H and O–H groups in total. The third-order valence-corrected chi connectivity index (χ3v) is 2.39. The number of benzene rings is 1. The second-order valence-corrected chi connectivity index (χ2v) is 4.71. The summed E-state index contributed by atoms with van der Waals surface area (Å²) in [6, 6.07) is 5.85. The summed E-state index contributed by atoms with van der Waals surface area (Å²) in [5.74, 6) is -0.336. The first-order valence-electron chi connectivity index (χ1n) is 5.69. The molecule has 19 heavy (non-hydrogen) atoms. The van der Waals surface area contributed by atoms with Gasteiger partial charge < -0.3 is 10.4 Å². The third kappa shape index (κ3) is 4.89. The third-order valence-electron chi connectivity index (χ3n) is 2.39. The zero-order chi connectivity index (χ0) is 14.5. The largest absolute Gasteiger partial charge is 0.394 e. The molecule has 0 saturated carbocycles. The van der Waals surface area contributed by atoms with Gasteiger partial charge in [-0.1, -0.05) is 0 Å². The molecule has 1 rings (SSSR count). The molecule has 0 aliphatic heterocycles. The van der Waals surface area contributed by atoms with Crippen LogP contribution < -0.4 is 5.32 Å². The monoisotopic (exact) mass is 264 g/mol. The second kappa shape index (κ2) is 6.10. The van der Waals surface area contributed by atoms with Crippen LogP contribution in [0.5, 0.6) is 0 Å². The van der Waals surface area contributed by atoms with Crippen molar-refractivity contribution in [3.63, 3.8) is 0 Å². The number of nitro groups is 1. The van der Waals surface area contributed by atoms with E-state index in [9.17, 15) is 14.9 Å². The fourth-order valence-electron chi connectivity index (χ4n) is 1.29. The molecule has 0 saturated heterocycles. The van der Waals surface area contributed by atoms with Crippen LogP contribution in [0.15, 0.2) is 30.3 Å². The summed E-state index contributed by atoms with van der Waals surface area (Å²) in [5, 5.41) is 22.1. The Kier molecular flexibility index (Phi) is 4.77. The van der Waals surface area contributed by atoms with Crippen LogP contribution in [-0.4, -0.2) is 28.1 Å². The highest BCUT2D eigenvalue weighted by Crippen LogP contribution is 2.12. The summed E-state index contributed by atoms with van der Waals surface area (Å²) in [5.41, 5.74) is 0.00208. The van der Waals surface area contributed by atoms with E-state index < -0.39 is 10.5 Å². The van der Waals surface area contributed by atoms with Gasteiger partial charge in [-0.2, -0.15) is 0 Å². The van der Waals surface area contributed by atoms with Gasteiger partial charge in [-0.15, -0.1) is 0 Å². The van der Waals surface area contributed by atoms with Crippen molar-refractivity contribution in [2.45, 2.75) is 19.4 Å². The molecule has 1 aromatic carbocycles. The fourth-order valence-corrected chi connectivity index (χ4v) is 1.29. The lowest BCUT2D eigenvalue weighted by atomic mass is 10.1. The highest BCUT2D eigenvalue weighted by Gasteiger charge is 2.17. The van der Waals surface area contributed by atoms with Gasteiger partial charge in [0, 0.05) is 18.2 Å². The summed E-state index contributed by atoms with van der Waals surface area (Å²) < 4.78 is 0. The van der Waals surface area contributed by atoms with Gasteiger partial charge in [-0.25, -0.2) is 0 Å². The maximum Gasteiger partial charge on any atom is 0.269 e. The summed E-state index contributed by atoms with van der Waals surface area (Å²) in [6.45, 7) is 3.24. The number of carbonyl (C=O) groups is 1. The normalized spacial score (nSPS) is 11.5. The Labute approximate surface area is 110 Å². The van der Waals surface area contributed by atoms with Crippen molar-refractivity contribution in [3.8, 4) is 0 Å². The summed E-state index contributed by atoms with van der Waals surface area (Å²) in [4.78, 5) is 21.5. The van der Waals surface area contributed by atoms with Crippen LogP contribution in [0.2, 0.25) is 0 Å². The summed E-state index contributed by atoms with van der Waals surface area (Å²) in [6.07, 6.45) is 2.87. The zero-order valence-electron chi connectivity index (χ0n) is 10.8. The van der Waals surface area contributed by atoms with E-state index in [-0.39, 0.29) is 18.2 Å². The van der Waals surface area contributed by atoms with Gasteiger partial charge >= 0.3 is 0 Å². The number of nitrogens with one attached hydrogen (secondary N) is 1. The van der Waals surface area contributed by atoms with Crippen LogP contribution >= 0.6 is 0 Å². The van der Waals surface area contributed by atoms with Crippen LogP contribution in [0.3, 0.4) is 0 Å². The van der Waals surface area contributed by atoms with Crippen LogP contribution in [-0.2, 0) is 4.79 Å². The standard InChI is InChI=1S/C13H16N2O4/c1-13(2,9-16)14-12(17)8-5-10-3-6-11(7-4-10)15(18)19/h3-8,16H,9H2,1-2H3,(H,14,17). The first-order chi connectivity index (χ1) is 8.84. The maximum absolute atomic E-state index is 11.5. The maximum atomic E-state index is 11.5. The number of aliphatic hydroxyl groups is 1.